The van der Waals surface area contributed by atoms with E-state index in [1.54, 1.807) is 31.0 Å². The molecule has 8 fully saturated rings. The summed E-state index contributed by atoms with van der Waals surface area (Å²) in [7, 11) is 1.88. The van der Waals surface area contributed by atoms with Crippen molar-refractivity contribution >= 4 is 63.2 Å². The second-order valence-corrected chi connectivity index (χ2v) is 21.7. The van der Waals surface area contributed by atoms with Crippen molar-refractivity contribution in [3.05, 3.63) is 71.8 Å². The highest BCUT2D eigenvalue weighted by Gasteiger charge is 2.42. The van der Waals surface area contributed by atoms with Gasteiger partial charge in [0.05, 0.1) is 90.0 Å². The minimum absolute atomic E-state index is 0.0468. The molecule has 8 N–H and O–H groups in total. The van der Waals surface area contributed by atoms with Gasteiger partial charge in [0.1, 0.15) is 6.04 Å². The Bertz CT molecular complexity index is 2580. The largest absolute Gasteiger partial charge is 0.396 e. The van der Waals surface area contributed by atoms with Gasteiger partial charge in [0.15, 0.2) is 0 Å². The average molecular weight is 1020 g/mol. The van der Waals surface area contributed by atoms with Crippen molar-refractivity contribution in [2.45, 2.75) is 90.8 Å². The number of piperidine rings is 2. The van der Waals surface area contributed by atoms with Crippen molar-refractivity contribution in [1.29, 1.82) is 0 Å². The number of carbonyl (C=O) groups is 3. The number of fused-ring (bicyclic) bond motifs is 3. The number of ether oxygens (including phenoxy) is 1. The van der Waals surface area contributed by atoms with Crippen LogP contribution in [-0.4, -0.2) is 181 Å². The van der Waals surface area contributed by atoms with Crippen molar-refractivity contribution in [3.63, 3.8) is 0 Å². The maximum absolute atomic E-state index is 12.3. The molecule has 20 heteroatoms. The minimum Gasteiger partial charge on any atom is -0.396 e. The third-order valence-corrected chi connectivity index (χ3v) is 16.5. The summed E-state index contributed by atoms with van der Waals surface area (Å²) in [5.41, 5.74) is 36.2. The molecule has 20 nitrogen and oxygen atoms in total. The second kappa shape index (κ2) is 22.4. The average Bonchev–Trinajstić information content (AvgIpc) is 3.86. The molecule has 3 unspecified atom stereocenters. The molecule has 8 aliphatic heterocycles. The molecular formula is C54H78N16O4. The van der Waals surface area contributed by atoms with Crippen LogP contribution in [0.3, 0.4) is 0 Å². The highest BCUT2D eigenvalue weighted by Crippen LogP contribution is 2.41. The standard InChI is InChI=1S/C14H21N5O.C14H20N4O.C13H18N4O.C13H19N3O/c1-10-7-16-8-11(15)13(10)19-6-5-18-4-3-17(2)14(20)12(18)9-19;1-10-7-16-8-12(15)14(10)17-5-6-18-11(9-17)3-2-4-13(18)19;1-9-5-15-6-11(14)13(9)16-7-10-3-2-4-17(10)12(18)8-16;1-10-6-15-7-11(14)12(10)16-4-2-13(3-5-16)8-17-9-13/h7-8,12H,3-6,9,15H2,1-2H3;7-8,11H,2-6,9,15H2,1H3;5-6,10H,2-4,7-8,14H2,1H3;6-7H,2-5,8-9,14H2,1H3. The minimum atomic E-state index is -0.0468. The molecule has 12 rings (SSSR count). The topological polar surface area (TPSA) is 242 Å². The van der Waals surface area contributed by atoms with Crippen LogP contribution in [0.25, 0.3) is 0 Å². The van der Waals surface area contributed by atoms with Crippen LogP contribution in [0.4, 0.5) is 45.5 Å². The van der Waals surface area contributed by atoms with Crippen LogP contribution in [0.2, 0.25) is 0 Å². The molecule has 1 spiro atoms. The van der Waals surface area contributed by atoms with Crippen molar-refractivity contribution in [2.75, 3.05) is 148 Å². The fourth-order valence-corrected chi connectivity index (χ4v) is 12.5. The summed E-state index contributed by atoms with van der Waals surface area (Å²) < 4.78 is 5.35. The molecule has 0 aliphatic carbocycles. The molecule has 74 heavy (non-hydrogen) atoms. The van der Waals surface area contributed by atoms with E-state index in [4.69, 9.17) is 27.7 Å². The molecule has 0 aromatic carbocycles. The van der Waals surface area contributed by atoms with E-state index < -0.39 is 0 Å². The Morgan fingerprint density at radius 3 is 1.50 bits per heavy atom. The SMILES string of the molecule is Cc1cncc(N)c1N1CC(=O)N2CCCC2C1.Cc1cncc(N)c1N1CCC2(CC1)COC2.Cc1cncc(N)c1N1CCN2C(=O)CCCC2C1.Cc1cncc(N)c1N1CCN2CCN(C)C(=O)C2C1. The van der Waals surface area contributed by atoms with Crippen LogP contribution < -0.4 is 42.5 Å². The Hall–Kier alpha value is -6.67. The molecule has 8 saturated heterocycles. The monoisotopic (exact) mass is 1010 g/mol. The van der Waals surface area contributed by atoms with Crippen LogP contribution in [-0.2, 0) is 19.1 Å². The number of anilines is 8. The van der Waals surface area contributed by atoms with E-state index in [9.17, 15) is 14.4 Å². The Kier molecular flexibility index (Phi) is 15.8. The number of nitrogens with two attached hydrogens (primary N) is 4. The Morgan fingerprint density at radius 2 is 0.973 bits per heavy atom. The zero-order valence-corrected chi connectivity index (χ0v) is 44.2. The smallest absolute Gasteiger partial charge is 0.242 e. The molecule has 3 amide bonds. The first-order valence-corrected chi connectivity index (χ1v) is 26.6. The van der Waals surface area contributed by atoms with Crippen molar-refractivity contribution in [3.8, 4) is 0 Å². The van der Waals surface area contributed by atoms with E-state index in [-0.39, 0.29) is 17.9 Å². The number of hydrogen-bond donors (Lipinski definition) is 4. The molecule has 4 aromatic heterocycles. The molecule has 0 saturated carbocycles. The van der Waals surface area contributed by atoms with E-state index >= 15 is 0 Å². The summed E-state index contributed by atoms with van der Waals surface area (Å²) in [6, 6.07) is 0.662. The van der Waals surface area contributed by atoms with Crippen LogP contribution in [0.1, 0.15) is 67.2 Å². The lowest BCUT2D eigenvalue weighted by molar-refractivity contribution is -0.140. The van der Waals surface area contributed by atoms with Crippen LogP contribution >= 0.6 is 0 Å². The number of amides is 3. The number of piperazine rings is 4. The lowest BCUT2D eigenvalue weighted by atomic mass is 9.76. The van der Waals surface area contributed by atoms with Crippen molar-refractivity contribution in [2.24, 2.45) is 5.41 Å². The maximum atomic E-state index is 12.3. The highest BCUT2D eigenvalue weighted by atomic mass is 16.5. The molecule has 398 valence electrons. The fourth-order valence-electron chi connectivity index (χ4n) is 12.5. The first-order valence-electron chi connectivity index (χ1n) is 26.6. The third kappa shape index (κ3) is 11.1. The zero-order valence-electron chi connectivity index (χ0n) is 44.2. The zero-order chi connectivity index (χ0) is 52.3. The number of carbonyl (C=O) groups excluding carboxylic acids is 3. The normalized spacial score (nSPS) is 23.3. The predicted octanol–water partition coefficient (Wildman–Crippen LogP) is 3.48. The summed E-state index contributed by atoms with van der Waals surface area (Å²) in [6.45, 7) is 21.3. The second-order valence-electron chi connectivity index (χ2n) is 21.7. The first-order chi connectivity index (χ1) is 35.6. The Labute approximate surface area is 436 Å². The van der Waals surface area contributed by atoms with Gasteiger partial charge in [-0.1, -0.05) is 0 Å². The van der Waals surface area contributed by atoms with E-state index in [2.05, 4.69) is 51.4 Å². The van der Waals surface area contributed by atoms with Gasteiger partial charge in [-0.25, -0.2) is 0 Å². The van der Waals surface area contributed by atoms with Gasteiger partial charge >= 0.3 is 0 Å². The maximum Gasteiger partial charge on any atom is 0.242 e. The molecule has 4 aromatic rings. The number of hydrogen-bond acceptors (Lipinski definition) is 17. The quantitative estimate of drug-likeness (QED) is 0.229. The summed E-state index contributed by atoms with van der Waals surface area (Å²) in [6.07, 6.45) is 21.7. The number of aromatic nitrogens is 4. The van der Waals surface area contributed by atoms with Crippen LogP contribution in [0, 0.1) is 33.1 Å². The van der Waals surface area contributed by atoms with Gasteiger partial charge in [0.2, 0.25) is 17.7 Å². The fraction of sp³-hybridized carbons (Fsp3) is 0.574. The summed E-state index contributed by atoms with van der Waals surface area (Å²) in [5.74, 6) is 0.751. The Morgan fingerprint density at radius 1 is 0.514 bits per heavy atom. The van der Waals surface area contributed by atoms with Gasteiger partial charge in [-0.15, -0.1) is 0 Å². The lowest BCUT2D eigenvalue weighted by Crippen LogP contribution is -2.64. The predicted molar refractivity (Wildman–Crippen MR) is 292 cm³/mol. The van der Waals surface area contributed by atoms with E-state index in [1.807, 2.05) is 61.1 Å². The van der Waals surface area contributed by atoms with E-state index in [1.165, 1.54) is 24.1 Å². The Balaban J connectivity index is 0.000000121. The number of aryl methyl sites for hydroxylation is 4. The number of nitrogens with zero attached hydrogens (tertiary/aromatic N) is 12. The van der Waals surface area contributed by atoms with Gasteiger partial charge in [-0.05, 0) is 88.5 Å². The number of nitrogen functional groups attached to an aromatic ring is 4. The highest BCUT2D eigenvalue weighted by molar-refractivity contribution is 5.86. The van der Waals surface area contributed by atoms with Gasteiger partial charge in [0, 0.05) is 134 Å². The van der Waals surface area contributed by atoms with Gasteiger partial charge in [-0.2, -0.15) is 0 Å². The lowest BCUT2D eigenvalue weighted by Gasteiger charge is -2.48. The molecular weight excluding hydrogens is 937 g/mol. The summed E-state index contributed by atoms with van der Waals surface area (Å²) in [5, 5.41) is 0. The van der Waals surface area contributed by atoms with Gasteiger partial charge in [0.25, 0.3) is 0 Å². The summed E-state index contributed by atoms with van der Waals surface area (Å²) in [4.78, 5) is 70.0. The third-order valence-electron chi connectivity index (χ3n) is 16.5. The van der Waals surface area contributed by atoms with Crippen LogP contribution in [0.15, 0.2) is 49.6 Å². The van der Waals surface area contributed by atoms with E-state index in [0.29, 0.717) is 54.3 Å². The van der Waals surface area contributed by atoms with Crippen molar-refractivity contribution < 1.29 is 19.1 Å². The number of likely N-dealkylation sites (N-methyl/N-ethyl adjacent to an activating group) is 1. The van der Waals surface area contributed by atoms with E-state index in [0.717, 1.165) is 156 Å². The van der Waals surface area contributed by atoms with Crippen molar-refractivity contribution in [1.82, 2.24) is 39.5 Å². The molecule has 0 radical (unpaired) electrons. The number of pyridine rings is 4. The summed E-state index contributed by atoms with van der Waals surface area (Å²) >= 11 is 0. The first kappa shape index (κ1) is 52.2. The molecule has 0 bridgehead atoms. The number of rotatable bonds is 4. The van der Waals surface area contributed by atoms with Crippen LogP contribution in [0.5, 0.6) is 0 Å². The molecule has 3 atom stereocenters. The molecule has 12 heterocycles. The van der Waals surface area contributed by atoms with Gasteiger partial charge < -0.3 is 62.0 Å². The molecule has 8 aliphatic rings. The van der Waals surface area contributed by atoms with Gasteiger partial charge in [-0.3, -0.25) is 39.2 Å².